The summed E-state index contributed by atoms with van der Waals surface area (Å²) in [6.07, 6.45) is 3.41. The molecule has 1 aliphatic heterocycles. The van der Waals surface area contributed by atoms with Crippen LogP contribution in [0.15, 0.2) is 70.3 Å². The number of hydrogen-bond donors (Lipinski definition) is 1. The van der Waals surface area contributed by atoms with Crippen molar-refractivity contribution in [3.8, 4) is 28.1 Å². The van der Waals surface area contributed by atoms with Gasteiger partial charge in [0, 0.05) is 68.0 Å². The molecule has 1 saturated heterocycles. The molecule has 0 atom stereocenters. The molecule has 4 aromatic rings. The molecule has 38 heavy (non-hydrogen) atoms. The first-order valence-corrected chi connectivity index (χ1v) is 13.8. The SMILES string of the molecule is Cn1ccn(-c2ccc(-c3cc(Br)nc(-c4cccc(N5CCN(C(C)(C)C)CC5)c4)c3N)cc2Cl)c1=O. The smallest absolute Gasteiger partial charge is 0.332 e. The van der Waals surface area contributed by atoms with Crippen LogP contribution in [0.25, 0.3) is 28.1 Å². The Kier molecular flexibility index (Phi) is 7.15. The van der Waals surface area contributed by atoms with E-state index in [1.807, 2.05) is 30.3 Å². The Hall–Kier alpha value is -3.07. The third kappa shape index (κ3) is 5.13. The second kappa shape index (κ2) is 10.2. The lowest BCUT2D eigenvalue weighted by atomic mass is 10.00. The number of halogens is 2. The first kappa shape index (κ1) is 26.5. The summed E-state index contributed by atoms with van der Waals surface area (Å²) in [5.41, 5.74) is 12.4. The van der Waals surface area contributed by atoms with Crippen LogP contribution in [-0.2, 0) is 7.05 Å². The number of benzene rings is 2. The van der Waals surface area contributed by atoms with Crippen molar-refractivity contribution < 1.29 is 0 Å². The van der Waals surface area contributed by atoms with Gasteiger partial charge in [-0.15, -0.1) is 0 Å². The van der Waals surface area contributed by atoms with E-state index in [9.17, 15) is 4.79 Å². The molecular formula is C29H32BrClN6O. The average molecular weight is 596 g/mol. The van der Waals surface area contributed by atoms with E-state index in [-0.39, 0.29) is 11.2 Å². The van der Waals surface area contributed by atoms with E-state index in [2.05, 4.69) is 64.7 Å². The largest absolute Gasteiger partial charge is 0.396 e. The van der Waals surface area contributed by atoms with Gasteiger partial charge in [0.25, 0.3) is 0 Å². The maximum atomic E-state index is 12.4. The Morgan fingerprint density at radius 2 is 1.71 bits per heavy atom. The number of nitrogens with two attached hydrogens (primary N) is 1. The molecular weight excluding hydrogens is 564 g/mol. The third-order valence-corrected chi connectivity index (χ3v) is 7.91. The van der Waals surface area contributed by atoms with Gasteiger partial charge < -0.3 is 15.2 Å². The zero-order valence-electron chi connectivity index (χ0n) is 22.1. The summed E-state index contributed by atoms with van der Waals surface area (Å²) in [6.45, 7) is 10.8. The lowest BCUT2D eigenvalue weighted by Gasteiger charge is -2.43. The van der Waals surface area contributed by atoms with Gasteiger partial charge in [-0.1, -0.05) is 29.8 Å². The molecule has 0 spiro atoms. The predicted octanol–water partition coefficient (Wildman–Crippen LogP) is 5.82. The fourth-order valence-corrected chi connectivity index (χ4v) is 5.66. The van der Waals surface area contributed by atoms with Gasteiger partial charge in [-0.2, -0.15) is 0 Å². The Labute approximate surface area is 236 Å². The highest BCUT2D eigenvalue weighted by atomic mass is 79.9. The molecule has 0 unspecified atom stereocenters. The predicted molar refractivity (Wildman–Crippen MR) is 160 cm³/mol. The van der Waals surface area contributed by atoms with E-state index in [1.165, 1.54) is 14.8 Å². The van der Waals surface area contributed by atoms with Crippen molar-refractivity contribution in [2.24, 2.45) is 7.05 Å². The molecule has 0 aliphatic carbocycles. The molecule has 198 valence electrons. The molecule has 0 saturated carbocycles. The summed E-state index contributed by atoms with van der Waals surface area (Å²) in [7, 11) is 1.71. The van der Waals surface area contributed by atoms with E-state index < -0.39 is 0 Å². The maximum Gasteiger partial charge on any atom is 0.332 e. The van der Waals surface area contributed by atoms with Crippen molar-refractivity contribution in [3.05, 3.63) is 81.0 Å². The molecule has 1 aliphatic rings. The van der Waals surface area contributed by atoms with Crippen LogP contribution in [0.1, 0.15) is 20.8 Å². The highest BCUT2D eigenvalue weighted by Crippen LogP contribution is 2.38. The number of aromatic nitrogens is 3. The van der Waals surface area contributed by atoms with Gasteiger partial charge in [-0.3, -0.25) is 9.47 Å². The molecule has 3 heterocycles. The van der Waals surface area contributed by atoms with Crippen LogP contribution in [0.5, 0.6) is 0 Å². The first-order valence-electron chi connectivity index (χ1n) is 12.6. The fourth-order valence-electron chi connectivity index (χ4n) is 4.99. The van der Waals surface area contributed by atoms with E-state index in [1.54, 1.807) is 19.4 Å². The lowest BCUT2D eigenvalue weighted by molar-refractivity contribution is 0.128. The topological polar surface area (TPSA) is 72.3 Å². The van der Waals surface area contributed by atoms with Crippen LogP contribution in [-0.4, -0.2) is 50.7 Å². The zero-order valence-corrected chi connectivity index (χ0v) is 24.4. The number of anilines is 2. The summed E-state index contributed by atoms with van der Waals surface area (Å²) >= 11 is 10.2. The Morgan fingerprint density at radius 1 is 0.974 bits per heavy atom. The summed E-state index contributed by atoms with van der Waals surface area (Å²) in [5.74, 6) is 0. The van der Waals surface area contributed by atoms with Gasteiger partial charge >= 0.3 is 5.69 Å². The fraction of sp³-hybridized carbons (Fsp3) is 0.310. The number of piperazine rings is 1. The normalized spacial score (nSPS) is 14.7. The van der Waals surface area contributed by atoms with Crippen molar-refractivity contribution >= 4 is 38.9 Å². The first-order chi connectivity index (χ1) is 18.0. The summed E-state index contributed by atoms with van der Waals surface area (Å²) in [6, 6.07) is 15.9. The number of hydrogen-bond acceptors (Lipinski definition) is 5. The van der Waals surface area contributed by atoms with Crippen LogP contribution < -0.4 is 16.3 Å². The van der Waals surface area contributed by atoms with Crippen molar-refractivity contribution in [1.29, 1.82) is 0 Å². The molecule has 2 N–H and O–H groups in total. The van der Waals surface area contributed by atoms with Crippen molar-refractivity contribution in [1.82, 2.24) is 19.0 Å². The number of aryl methyl sites for hydroxylation is 1. The van der Waals surface area contributed by atoms with Gasteiger partial charge in [-0.05, 0) is 72.6 Å². The van der Waals surface area contributed by atoms with Crippen molar-refractivity contribution in [3.63, 3.8) is 0 Å². The van der Waals surface area contributed by atoms with Crippen molar-refractivity contribution in [2.75, 3.05) is 36.8 Å². The Bertz CT molecular complexity index is 1550. The van der Waals surface area contributed by atoms with Crippen LogP contribution in [0.2, 0.25) is 5.02 Å². The Balaban J connectivity index is 1.47. The van der Waals surface area contributed by atoms with Gasteiger partial charge in [0.05, 0.1) is 22.1 Å². The minimum Gasteiger partial charge on any atom is -0.396 e. The second-order valence-electron chi connectivity index (χ2n) is 10.7. The van der Waals surface area contributed by atoms with E-state index in [4.69, 9.17) is 22.3 Å². The third-order valence-electron chi connectivity index (χ3n) is 7.21. The van der Waals surface area contributed by atoms with Crippen LogP contribution in [0.3, 0.4) is 0 Å². The van der Waals surface area contributed by atoms with E-state index in [0.717, 1.165) is 42.9 Å². The summed E-state index contributed by atoms with van der Waals surface area (Å²) in [5, 5.41) is 0.459. The number of imidazole rings is 1. The number of pyridine rings is 1. The zero-order chi connectivity index (χ0) is 27.2. The highest BCUT2D eigenvalue weighted by molar-refractivity contribution is 9.10. The van der Waals surface area contributed by atoms with Gasteiger partial charge in [0.15, 0.2) is 0 Å². The van der Waals surface area contributed by atoms with E-state index in [0.29, 0.717) is 26.7 Å². The molecule has 0 bridgehead atoms. The van der Waals surface area contributed by atoms with E-state index >= 15 is 0 Å². The maximum absolute atomic E-state index is 12.4. The molecule has 5 rings (SSSR count). The van der Waals surface area contributed by atoms with Crippen molar-refractivity contribution in [2.45, 2.75) is 26.3 Å². The monoisotopic (exact) mass is 594 g/mol. The number of rotatable bonds is 4. The number of nitrogen functional groups attached to an aromatic ring is 1. The molecule has 9 heteroatoms. The number of nitrogens with zero attached hydrogens (tertiary/aromatic N) is 5. The molecule has 7 nitrogen and oxygen atoms in total. The second-order valence-corrected chi connectivity index (χ2v) is 11.9. The van der Waals surface area contributed by atoms with Crippen LogP contribution in [0.4, 0.5) is 11.4 Å². The minimum atomic E-state index is -0.159. The van der Waals surface area contributed by atoms with Crippen LogP contribution >= 0.6 is 27.5 Å². The molecule has 0 radical (unpaired) electrons. The molecule has 2 aromatic carbocycles. The van der Waals surface area contributed by atoms with Crippen LogP contribution in [0, 0.1) is 0 Å². The summed E-state index contributed by atoms with van der Waals surface area (Å²) in [4.78, 5) is 22.1. The molecule has 0 amide bonds. The standard InChI is InChI=1S/C29H32BrClN6O/c1-29(2,3)36-13-11-35(12-14-36)21-7-5-6-20(16-21)27-26(32)22(18-25(30)33-27)19-8-9-24(23(31)17-19)37-15-10-34(4)28(37)38/h5-10,15-18H,11-14,32H2,1-4H3. The van der Waals surface area contributed by atoms with Gasteiger partial charge in [-0.25, -0.2) is 9.78 Å². The molecule has 2 aromatic heterocycles. The lowest BCUT2D eigenvalue weighted by Crippen LogP contribution is -2.53. The minimum absolute atomic E-state index is 0.159. The van der Waals surface area contributed by atoms with Gasteiger partial charge in [0.1, 0.15) is 4.60 Å². The highest BCUT2D eigenvalue weighted by Gasteiger charge is 2.26. The summed E-state index contributed by atoms with van der Waals surface area (Å²) < 4.78 is 3.71. The molecule has 1 fully saturated rings. The average Bonchev–Trinajstić information content (AvgIpc) is 3.22. The quantitative estimate of drug-likeness (QED) is 0.301. The Morgan fingerprint density at radius 3 is 2.34 bits per heavy atom. The van der Waals surface area contributed by atoms with Gasteiger partial charge in [0.2, 0.25) is 0 Å².